The lowest BCUT2D eigenvalue weighted by Gasteiger charge is -2.18. The summed E-state index contributed by atoms with van der Waals surface area (Å²) in [6.07, 6.45) is 1.39. The van der Waals surface area contributed by atoms with E-state index in [4.69, 9.17) is 4.74 Å². The first-order valence-electron chi connectivity index (χ1n) is 10.3. The topological polar surface area (TPSA) is 66.0 Å². The third-order valence-corrected chi connectivity index (χ3v) is 4.97. The number of halogens is 2. The van der Waals surface area contributed by atoms with Crippen molar-refractivity contribution >= 4 is 35.8 Å². The van der Waals surface area contributed by atoms with Gasteiger partial charge in [0.05, 0.1) is 6.54 Å². The van der Waals surface area contributed by atoms with Gasteiger partial charge in [0, 0.05) is 33.1 Å². The van der Waals surface area contributed by atoms with Crippen LogP contribution in [0.25, 0.3) is 0 Å². The zero-order chi connectivity index (χ0) is 21.3. The van der Waals surface area contributed by atoms with Crippen molar-refractivity contribution in [2.45, 2.75) is 39.0 Å². The van der Waals surface area contributed by atoms with E-state index in [1.165, 1.54) is 6.07 Å². The van der Waals surface area contributed by atoms with Gasteiger partial charge in [0.2, 0.25) is 5.91 Å². The molecule has 1 amide bonds. The number of rotatable bonds is 8. The van der Waals surface area contributed by atoms with Gasteiger partial charge in [-0.2, -0.15) is 0 Å². The van der Waals surface area contributed by atoms with E-state index in [9.17, 15) is 9.18 Å². The Bertz CT molecular complexity index is 876. The number of carbonyl (C=O) groups excluding carboxylic acids is 1. The van der Waals surface area contributed by atoms with Crippen molar-refractivity contribution in [1.29, 1.82) is 0 Å². The van der Waals surface area contributed by atoms with Gasteiger partial charge >= 0.3 is 0 Å². The number of aliphatic imine (C=N–C) groups is 1. The molecule has 2 aromatic rings. The second-order valence-corrected chi connectivity index (χ2v) is 7.40. The van der Waals surface area contributed by atoms with E-state index in [0.29, 0.717) is 32.0 Å². The monoisotopic (exact) mass is 540 g/mol. The fraction of sp³-hybridized carbons (Fsp3) is 0.391. The Balaban J connectivity index is 0.00000341. The highest BCUT2D eigenvalue weighted by Crippen LogP contribution is 2.17. The summed E-state index contributed by atoms with van der Waals surface area (Å²) in [7, 11) is 1.70. The van der Waals surface area contributed by atoms with Crippen molar-refractivity contribution in [1.82, 2.24) is 15.5 Å². The number of ether oxygens (including phenoxy) is 1. The highest BCUT2D eigenvalue weighted by molar-refractivity contribution is 14.0. The average Bonchev–Trinajstić information content (AvgIpc) is 3.15. The molecule has 0 spiro atoms. The average molecular weight is 540 g/mol. The predicted octanol–water partition coefficient (Wildman–Crippen LogP) is 3.70. The van der Waals surface area contributed by atoms with Crippen LogP contribution >= 0.6 is 24.0 Å². The molecule has 1 unspecified atom stereocenters. The Labute approximate surface area is 200 Å². The van der Waals surface area contributed by atoms with Gasteiger partial charge in [0.15, 0.2) is 17.5 Å². The van der Waals surface area contributed by atoms with Crippen LogP contribution in [0.2, 0.25) is 0 Å². The molecular formula is C23H30FIN4O2. The van der Waals surface area contributed by atoms with Gasteiger partial charge in [0.25, 0.3) is 0 Å². The molecule has 0 aromatic heterocycles. The van der Waals surface area contributed by atoms with E-state index in [2.05, 4.69) is 39.9 Å². The Morgan fingerprint density at radius 3 is 2.52 bits per heavy atom. The second-order valence-electron chi connectivity index (χ2n) is 7.40. The van der Waals surface area contributed by atoms with E-state index in [1.807, 2.05) is 11.8 Å². The smallest absolute Gasteiger partial charge is 0.222 e. The van der Waals surface area contributed by atoms with Crippen LogP contribution in [0, 0.1) is 5.82 Å². The predicted molar refractivity (Wildman–Crippen MR) is 131 cm³/mol. The van der Waals surface area contributed by atoms with Crippen molar-refractivity contribution in [2.24, 2.45) is 4.99 Å². The van der Waals surface area contributed by atoms with Crippen molar-refractivity contribution < 1.29 is 13.9 Å². The van der Waals surface area contributed by atoms with Crippen LogP contribution in [0.1, 0.15) is 30.9 Å². The van der Waals surface area contributed by atoms with Crippen molar-refractivity contribution in [3.63, 3.8) is 0 Å². The van der Waals surface area contributed by atoms with E-state index >= 15 is 0 Å². The minimum atomic E-state index is -0.371. The number of amides is 1. The Morgan fingerprint density at radius 1 is 1.16 bits per heavy atom. The third kappa shape index (κ3) is 7.68. The molecule has 2 N–H and O–H groups in total. The number of likely N-dealkylation sites (tertiary alicyclic amines) is 1. The molecule has 0 saturated carbocycles. The number of nitrogens with zero attached hydrogens (tertiary/aromatic N) is 2. The van der Waals surface area contributed by atoms with Crippen LogP contribution in [0.5, 0.6) is 5.75 Å². The molecule has 0 aliphatic carbocycles. The first-order chi connectivity index (χ1) is 14.5. The van der Waals surface area contributed by atoms with Crippen LogP contribution in [-0.4, -0.2) is 43.0 Å². The number of carbonyl (C=O) groups is 1. The molecule has 31 heavy (non-hydrogen) atoms. The summed E-state index contributed by atoms with van der Waals surface area (Å²) in [6.45, 7) is 4.50. The molecular weight excluding hydrogens is 510 g/mol. The minimum absolute atomic E-state index is 0. The van der Waals surface area contributed by atoms with Gasteiger partial charge in [-0.1, -0.05) is 36.4 Å². The molecule has 1 aliphatic heterocycles. The maximum absolute atomic E-state index is 13.7. The normalized spacial score (nSPS) is 14.7. The number of para-hydroxylation sites is 1. The highest BCUT2D eigenvalue weighted by Gasteiger charge is 2.19. The molecule has 1 atom stereocenters. The summed E-state index contributed by atoms with van der Waals surface area (Å²) >= 11 is 0. The van der Waals surface area contributed by atoms with Crippen LogP contribution in [0.15, 0.2) is 53.5 Å². The molecule has 8 heteroatoms. The standard InChI is InChI=1S/C23H29FN4O2.HI/c1-17(30-21-7-4-3-6-20(21)24)14-26-23(25-2)27-15-18-9-11-19(12-10-18)16-28-13-5-8-22(28)29;/h3-4,6-7,9-12,17H,5,8,13-16H2,1-2H3,(H2,25,26,27);1H. The first kappa shape index (κ1) is 24.9. The maximum atomic E-state index is 13.7. The lowest BCUT2D eigenvalue weighted by Crippen LogP contribution is -2.41. The van der Waals surface area contributed by atoms with Gasteiger partial charge in [0.1, 0.15) is 6.10 Å². The molecule has 3 rings (SSSR count). The number of guanidine groups is 1. The molecule has 1 fully saturated rings. The van der Waals surface area contributed by atoms with Crippen LogP contribution in [-0.2, 0) is 17.9 Å². The fourth-order valence-corrected chi connectivity index (χ4v) is 3.30. The fourth-order valence-electron chi connectivity index (χ4n) is 3.30. The molecule has 168 valence electrons. The van der Waals surface area contributed by atoms with E-state index < -0.39 is 0 Å². The SMILES string of the molecule is CN=C(NCc1ccc(CN2CCCC2=O)cc1)NCC(C)Oc1ccccc1F.I. The summed E-state index contributed by atoms with van der Waals surface area (Å²) in [4.78, 5) is 17.9. The van der Waals surface area contributed by atoms with Crippen molar-refractivity contribution in [2.75, 3.05) is 20.1 Å². The maximum Gasteiger partial charge on any atom is 0.222 e. The molecule has 0 bridgehead atoms. The summed E-state index contributed by atoms with van der Waals surface area (Å²) in [5.41, 5.74) is 2.25. The molecule has 6 nitrogen and oxygen atoms in total. The lowest BCUT2D eigenvalue weighted by molar-refractivity contribution is -0.128. The van der Waals surface area contributed by atoms with Gasteiger partial charge < -0.3 is 20.3 Å². The van der Waals surface area contributed by atoms with Crippen LogP contribution < -0.4 is 15.4 Å². The number of nitrogens with one attached hydrogen (secondary N) is 2. The highest BCUT2D eigenvalue weighted by atomic mass is 127. The lowest BCUT2D eigenvalue weighted by atomic mass is 10.1. The van der Waals surface area contributed by atoms with Crippen LogP contribution in [0.4, 0.5) is 4.39 Å². The first-order valence-corrected chi connectivity index (χ1v) is 10.3. The second kappa shape index (κ2) is 12.5. The summed E-state index contributed by atoms with van der Waals surface area (Å²) in [5.74, 6) is 0.754. The van der Waals surface area contributed by atoms with Crippen molar-refractivity contribution in [3.8, 4) is 5.75 Å². The minimum Gasteiger partial charge on any atom is -0.486 e. The van der Waals surface area contributed by atoms with Crippen molar-refractivity contribution in [3.05, 3.63) is 65.5 Å². The van der Waals surface area contributed by atoms with Gasteiger partial charge in [-0.05, 0) is 36.6 Å². The van der Waals surface area contributed by atoms with E-state index in [1.54, 1.807) is 25.2 Å². The largest absolute Gasteiger partial charge is 0.486 e. The molecule has 1 heterocycles. The quantitative estimate of drug-likeness (QED) is 0.305. The van der Waals surface area contributed by atoms with E-state index in [0.717, 1.165) is 24.1 Å². The Kier molecular flexibility index (Phi) is 10.0. The zero-order valence-electron chi connectivity index (χ0n) is 17.9. The summed E-state index contributed by atoms with van der Waals surface area (Å²) < 4.78 is 19.3. The number of hydrogen-bond donors (Lipinski definition) is 2. The van der Waals surface area contributed by atoms with Gasteiger partial charge in [-0.3, -0.25) is 9.79 Å². The molecule has 1 saturated heterocycles. The molecule has 2 aromatic carbocycles. The Hall–Kier alpha value is -2.36. The Morgan fingerprint density at radius 2 is 1.87 bits per heavy atom. The zero-order valence-corrected chi connectivity index (χ0v) is 20.3. The third-order valence-electron chi connectivity index (χ3n) is 4.97. The summed E-state index contributed by atoms with van der Waals surface area (Å²) in [5, 5.41) is 6.45. The summed E-state index contributed by atoms with van der Waals surface area (Å²) in [6, 6.07) is 14.6. The van der Waals surface area contributed by atoms with Gasteiger partial charge in [-0.15, -0.1) is 24.0 Å². The van der Waals surface area contributed by atoms with Crippen LogP contribution in [0.3, 0.4) is 0 Å². The molecule has 0 radical (unpaired) electrons. The van der Waals surface area contributed by atoms with E-state index in [-0.39, 0.29) is 47.6 Å². The number of benzene rings is 2. The number of hydrogen-bond acceptors (Lipinski definition) is 3. The molecule has 1 aliphatic rings. The van der Waals surface area contributed by atoms with Gasteiger partial charge in [-0.25, -0.2) is 4.39 Å².